The van der Waals surface area contributed by atoms with Crippen molar-refractivity contribution >= 4 is 5.97 Å². The Morgan fingerprint density at radius 1 is 1.45 bits per heavy atom. The molecule has 2 aliphatic rings. The smallest absolute Gasteiger partial charge is 0.335 e. The Balaban J connectivity index is 2.01. The first-order valence-electron chi connectivity index (χ1n) is 7.52. The monoisotopic (exact) mass is 313 g/mol. The summed E-state index contributed by atoms with van der Waals surface area (Å²) in [4.78, 5) is 13.5. The molecule has 2 heterocycles. The summed E-state index contributed by atoms with van der Waals surface area (Å²) in [6.07, 6.45) is 3.14. The van der Waals surface area contributed by atoms with Crippen molar-refractivity contribution < 1.29 is 29.6 Å². The molecule has 2 rings (SSSR count). The van der Waals surface area contributed by atoms with Crippen LogP contribution in [0.5, 0.6) is 0 Å². The number of esters is 1. The fourth-order valence-electron chi connectivity index (χ4n) is 2.40. The standard InChI is InChI=1S/C15H23NO6/c1-2-3-7-21-15(20)10-5-4-6-16(8-10)14-13(19)12(18)11(9-17)22-14/h4,6,8,11-14,17-19H,2-3,5,7,9H2,1H3/t11-,12+,13?,14-/m1/s1. The summed E-state index contributed by atoms with van der Waals surface area (Å²) in [5, 5.41) is 28.9. The highest BCUT2D eigenvalue weighted by Gasteiger charge is 2.44. The van der Waals surface area contributed by atoms with Gasteiger partial charge in [0.1, 0.15) is 18.3 Å². The maximum Gasteiger partial charge on any atom is 0.335 e. The third-order valence-electron chi connectivity index (χ3n) is 3.72. The lowest BCUT2D eigenvalue weighted by molar-refractivity contribution is -0.139. The molecule has 0 saturated carbocycles. The Morgan fingerprint density at radius 3 is 2.86 bits per heavy atom. The van der Waals surface area contributed by atoms with Gasteiger partial charge < -0.3 is 29.7 Å². The minimum absolute atomic E-state index is 0.379. The van der Waals surface area contributed by atoms with Crippen molar-refractivity contribution in [3.8, 4) is 0 Å². The van der Waals surface area contributed by atoms with Crippen LogP contribution >= 0.6 is 0 Å². The number of carbonyl (C=O) groups is 1. The lowest BCUT2D eigenvalue weighted by atomic mass is 10.1. The highest BCUT2D eigenvalue weighted by Crippen LogP contribution is 2.27. The predicted molar refractivity (Wildman–Crippen MR) is 77.3 cm³/mol. The molecular weight excluding hydrogens is 290 g/mol. The average Bonchev–Trinajstić information content (AvgIpc) is 2.83. The molecule has 0 aromatic heterocycles. The van der Waals surface area contributed by atoms with E-state index in [2.05, 4.69) is 0 Å². The van der Waals surface area contributed by atoms with E-state index in [4.69, 9.17) is 14.6 Å². The van der Waals surface area contributed by atoms with Gasteiger partial charge in [-0.25, -0.2) is 4.79 Å². The minimum atomic E-state index is -1.17. The molecule has 0 aromatic rings. The summed E-state index contributed by atoms with van der Waals surface area (Å²) >= 11 is 0. The van der Waals surface area contributed by atoms with Gasteiger partial charge in [-0.2, -0.15) is 0 Å². The SMILES string of the molecule is CCCCOC(=O)C1=CN([C@@H]2O[C@H](CO)[C@H](O)C2O)C=CC1. The predicted octanol–water partition coefficient (Wildman–Crippen LogP) is -0.128. The first kappa shape index (κ1) is 17.0. The zero-order valence-corrected chi connectivity index (χ0v) is 12.6. The zero-order chi connectivity index (χ0) is 16.1. The molecule has 0 aliphatic carbocycles. The largest absolute Gasteiger partial charge is 0.462 e. The van der Waals surface area contributed by atoms with E-state index in [1.807, 2.05) is 6.92 Å². The van der Waals surface area contributed by atoms with Crippen LogP contribution in [-0.2, 0) is 14.3 Å². The van der Waals surface area contributed by atoms with Crippen molar-refractivity contribution in [1.29, 1.82) is 0 Å². The van der Waals surface area contributed by atoms with Crippen LogP contribution in [0.3, 0.4) is 0 Å². The van der Waals surface area contributed by atoms with Gasteiger partial charge in [-0.05, 0) is 6.42 Å². The first-order valence-corrected chi connectivity index (χ1v) is 7.52. The highest BCUT2D eigenvalue weighted by atomic mass is 16.6. The highest BCUT2D eigenvalue weighted by molar-refractivity contribution is 5.88. The van der Waals surface area contributed by atoms with Gasteiger partial charge >= 0.3 is 5.97 Å². The number of hydrogen-bond donors (Lipinski definition) is 3. The van der Waals surface area contributed by atoms with Gasteiger partial charge in [0, 0.05) is 18.8 Å². The number of ether oxygens (including phenoxy) is 2. The molecule has 0 radical (unpaired) electrons. The van der Waals surface area contributed by atoms with E-state index in [1.165, 1.54) is 4.90 Å². The summed E-state index contributed by atoms with van der Waals surface area (Å²) in [6.45, 7) is 2.01. The molecule has 124 valence electrons. The van der Waals surface area contributed by atoms with Crippen LogP contribution in [-0.4, -0.2) is 63.9 Å². The molecule has 0 amide bonds. The number of hydrogen-bond acceptors (Lipinski definition) is 7. The topological polar surface area (TPSA) is 99.5 Å². The summed E-state index contributed by atoms with van der Waals surface area (Å²) in [7, 11) is 0. The van der Waals surface area contributed by atoms with E-state index in [0.29, 0.717) is 18.6 Å². The van der Waals surface area contributed by atoms with Crippen molar-refractivity contribution in [1.82, 2.24) is 4.90 Å². The van der Waals surface area contributed by atoms with E-state index < -0.39 is 30.5 Å². The molecule has 7 heteroatoms. The van der Waals surface area contributed by atoms with Crippen LogP contribution in [0, 0.1) is 0 Å². The average molecular weight is 313 g/mol. The van der Waals surface area contributed by atoms with E-state index in [9.17, 15) is 15.0 Å². The zero-order valence-electron chi connectivity index (χ0n) is 12.6. The van der Waals surface area contributed by atoms with Crippen LogP contribution in [0.4, 0.5) is 0 Å². The molecule has 0 spiro atoms. The van der Waals surface area contributed by atoms with Crippen molar-refractivity contribution in [2.45, 2.75) is 50.7 Å². The molecule has 0 bridgehead atoms. The van der Waals surface area contributed by atoms with Gasteiger partial charge in [-0.1, -0.05) is 19.4 Å². The van der Waals surface area contributed by atoms with Crippen LogP contribution in [0.2, 0.25) is 0 Å². The number of nitrogens with zero attached hydrogens (tertiary/aromatic N) is 1. The summed E-state index contributed by atoms with van der Waals surface area (Å²) in [5.41, 5.74) is 0.455. The molecule has 7 nitrogen and oxygen atoms in total. The molecule has 0 aromatic carbocycles. The Kier molecular flexibility index (Phi) is 5.96. The summed E-state index contributed by atoms with van der Waals surface area (Å²) in [6, 6.07) is 0. The van der Waals surface area contributed by atoms with E-state index in [1.54, 1.807) is 18.5 Å². The van der Waals surface area contributed by atoms with E-state index >= 15 is 0 Å². The van der Waals surface area contributed by atoms with Crippen LogP contribution in [0.1, 0.15) is 26.2 Å². The van der Waals surface area contributed by atoms with Gasteiger partial charge in [0.15, 0.2) is 6.23 Å². The van der Waals surface area contributed by atoms with Crippen LogP contribution in [0.25, 0.3) is 0 Å². The van der Waals surface area contributed by atoms with Gasteiger partial charge in [0.25, 0.3) is 0 Å². The molecule has 2 aliphatic heterocycles. The minimum Gasteiger partial charge on any atom is -0.462 e. The number of aliphatic hydroxyl groups is 3. The van der Waals surface area contributed by atoms with E-state index in [-0.39, 0.29) is 6.61 Å². The maximum atomic E-state index is 12.0. The van der Waals surface area contributed by atoms with Gasteiger partial charge in [-0.3, -0.25) is 0 Å². The maximum absolute atomic E-state index is 12.0. The first-order chi connectivity index (χ1) is 10.6. The molecule has 1 unspecified atom stereocenters. The molecule has 1 fully saturated rings. The van der Waals surface area contributed by atoms with Gasteiger partial charge in [0.05, 0.1) is 18.8 Å². The summed E-state index contributed by atoms with van der Waals surface area (Å²) in [5.74, 6) is -0.394. The van der Waals surface area contributed by atoms with Crippen LogP contribution < -0.4 is 0 Å². The quantitative estimate of drug-likeness (QED) is 0.464. The van der Waals surface area contributed by atoms with Crippen molar-refractivity contribution in [2.75, 3.05) is 13.2 Å². The molecule has 4 atom stereocenters. The number of rotatable bonds is 6. The number of carbonyl (C=O) groups excluding carboxylic acids is 1. The van der Waals surface area contributed by atoms with Gasteiger partial charge in [0.2, 0.25) is 0 Å². The fourth-order valence-corrected chi connectivity index (χ4v) is 2.40. The lowest BCUT2D eigenvalue weighted by Gasteiger charge is -2.28. The van der Waals surface area contributed by atoms with Crippen molar-refractivity contribution in [3.05, 3.63) is 24.0 Å². The van der Waals surface area contributed by atoms with Crippen LogP contribution in [0.15, 0.2) is 24.0 Å². The second kappa shape index (κ2) is 7.73. The third-order valence-corrected chi connectivity index (χ3v) is 3.72. The second-order valence-electron chi connectivity index (χ2n) is 5.41. The second-order valence-corrected chi connectivity index (χ2v) is 5.41. The van der Waals surface area contributed by atoms with Crippen molar-refractivity contribution in [2.24, 2.45) is 0 Å². The van der Waals surface area contributed by atoms with Gasteiger partial charge in [-0.15, -0.1) is 0 Å². The molecule has 3 N–H and O–H groups in total. The van der Waals surface area contributed by atoms with Crippen molar-refractivity contribution in [3.63, 3.8) is 0 Å². The Morgan fingerprint density at radius 2 is 2.23 bits per heavy atom. The fraction of sp³-hybridized carbons (Fsp3) is 0.667. The summed E-state index contributed by atoms with van der Waals surface area (Å²) < 4.78 is 10.6. The molecular formula is C15H23NO6. The normalized spacial score (nSPS) is 31.3. The Labute approximate surface area is 129 Å². The molecule has 1 saturated heterocycles. The Bertz CT molecular complexity index is 449. The third kappa shape index (κ3) is 3.67. The Hall–Kier alpha value is -1.41. The molecule has 22 heavy (non-hydrogen) atoms. The number of allylic oxidation sites excluding steroid dienone is 1. The lowest BCUT2D eigenvalue weighted by Crippen LogP contribution is -2.40. The van der Waals surface area contributed by atoms with E-state index in [0.717, 1.165) is 12.8 Å². The number of unbranched alkanes of at least 4 members (excludes halogenated alkanes) is 1. The number of aliphatic hydroxyl groups excluding tert-OH is 3.